The van der Waals surface area contributed by atoms with Crippen molar-refractivity contribution in [1.29, 1.82) is 0 Å². The van der Waals surface area contributed by atoms with E-state index in [0.717, 1.165) is 35.5 Å². The van der Waals surface area contributed by atoms with Gasteiger partial charge in [-0.05, 0) is 54.8 Å². The molecule has 2 saturated carbocycles. The third-order valence-electron chi connectivity index (χ3n) is 7.19. The zero-order valence-corrected chi connectivity index (χ0v) is 15.9. The van der Waals surface area contributed by atoms with Crippen LogP contribution in [0.3, 0.4) is 0 Å². The molecule has 0 N–H and O–H groups in total. The van der Waals surface area contributed by atoms with E-state index in [1.54, 1.807) is 25.7 Å². The van der Waals surface area contributed by atoms with Gasteiger partial charge in [0.25, 0.3) is 0 Å². The van der Waals surface area contributed by atoms with Crippen LogP contribution in [-0.4, -0.2) is 0 Å². The van der Waals surface area contributed by atoms with Gasteiger partial charge in [-0.25, -0.2) is 0 Å². The Labute approximate surface area is 140 Å². The van der Waals surface area contributed by atoms with Gasteiger partial charge in [0.15, 0.2) is 0 Å². The van der Waals surface area contributed by atoms with Crippen LogP contribution in [0, 0.1) is 35.5 Å². The minimum atomic E-state index is 1.00. The Morgan fingerprint density at radius 2 is 1.50 bits per heavy atom. The number of hydrogen-bond acceptors (Lipinski definition) is 0. The van der Waals surface area contributed by atoms with Crippen molar-refractivity contribution in [3.8, 4) is 0 Å². The first kappa shape index (κ1) is 18.3. The van der Waals surface area contributed by atoms with Crippen molar-refractivity contribution < 1.29 is 0 Å². The van der Waals surface area contributed by atoms with Crippen LogP contribution in [0.4, 0.5) is 0 Å². The summed E-state index contributed by atoms with van der Waals surface area (Å²) in [5, 5.41) is 0. The maximum Gasteiger partial charge on any atom is -0.0350 e. The third-order valence-corrected chi connectivity index (χ3v) is 7.19. The van der Waals surface area contributed by atoms with Gasteiger partial charge in [-0.3, -0.25) is 0 Å². The van der Waals surface area contributed by atoms with Crippen molar-refractivity contribution in [3.05, 3.63) is 0 Å². The molecule has 2 aliphatic rings. The van der Waals surface area contributed by atoms with E-state index in [1.165, 1.54) is 51.4 Å². The monoisotopic (exact) mass is 306 g/mol. The highest BCUT2D eigenvalue weighted by atomic mass is 14.5. The van der Waals surface area contributed by atoms with Crippen molar-refractivity contribution in [1.82, 2.24) is 0 Å². The minimum absolute atomic E-state index is 1.00. The molecule has 2 rings (SSSR count). The lowest BCUT2D eigenvalue weighted by atomic mass is 9.64. The number of hydrogen-bond donors (Lipinski definition) is 0. The smallest absolute Gasteiger partial charge is 0.0350 e. The van der Waals surface area contributed by atoms with Gasteiger partial charge in [0.2, 0.25) is 0 Å². The third kappa shape index (κ3) is 4.51. The summed E-state index contributed by atoms with van der Waals surface area (Å²) in [7, 11) is 0. The molecule has 2 fully saturated rings. The lowest BCUT2D eigenvalue weighted by molar-refractivity contribution is 0.0905. The summed E-state index contributed by atoms with van der Waals surface area (Å²) in [4.78, 5) is 0. The summed E-state index contributed by atoms with van der Waals surface area (Å²) < 4.78 is 0. The first-order valence-corrected chi connectivity index (χ1v) is 10.7. The summed E-state index contributed by atoms with van der Waals surface area (Å²) in [6.45, 7) is 9.71. The van der Waals surface area contributed by atoms with Gasteiger partial charge in [0.05, 0.1) is 0 Å². The molecule has 0 saturated heterocycles. The Morgan fingerprint density at radius 3 is 2.18 bits per heavy atom. The second kappa shape index (κ2) is 9.33. The summed E-state index contributed by atoms with van der Waals surface area (Å²) in [6, 6.07) is 0. The van der Waals surface area contributed by atoms with Gasteiger partial charge in [-0.15, -0.1) is 0 Å². The molecular formula is C22H42. The molecule has 0 nitrogen and oxygen atoms in total. The molecule has 0 heteroatoms. The number of unbranched alkanes of at least 4 members (excludes halogenated alkanes) is 4. The van der Waals surface area contributed by atoms with E-state index in [9.17, 15) is 0 Å². The normalized spacial score (nSPS) is 38.2. The van der Waals surface area contributed by atoms with Gasteiger partial charge in [0.1, 0.15) is 0 Å². The molecule has 6 atom stereocenters. The molecule has 130 valence electrons. The summed E-state index contributed by atoms with van der Waals surface area (Å²) in [5.74, 6) is 6.38. The lowest BCUT2D eigenvalue weighted by Gasteiger charge is -2.41. The molecule has 0 spiro atoms. The number of fused-ring (bicyclic) bond motifs is 1. The van der Waals surface area contributed by atoms with Crippen LogP contribution < -0.4 is 0 Å². The first-order chi connectivity index (χ1) is 10.7. The van der Waals surface area contributed by atoms with Gasteiger partial charge in [0, 0.05) is 0 Å². The quantitative estimate of drug-likeness (QED) is 0.387. The molecular weight excluding hydrogens is 264 g/mol. The fourth-order valence-electron chi connectivity index (χ4n) is 6.09. The van der Waals surface area contributed by atoms with E-state index >= 15 is 0 Å². The van der Waals surface area contributed by atoms with Crippen molar-refractivity contribution >= 4 is 0 Å². The van der Waals surface area contributed by atoms with E-state index in [2.05, 4.69) is 27.7 Å². The second-order valence-corrected chi connectivity index (χ2v) is 8.70. The van der Waals surface area contributed by atoms with Gasteiger partial charge >= 0.3 is 0 Å². The van der Waals surface area contributed by atoms with E-state index in [0.29, 0.717) is 0 Å². The molecule has 0 amide bonds. The van der Waals surface area contributed by atoms with Gasteiger partial charge < -0.3 is 0 Å². The van der Waals surface area contributed by atoms with Gasteiger partial charge in [-0.1, -0.05) is 85.5 Å². The molecule has 0 aromatic heterocycles. The van der Waals surface area contributed by atoms with Crippen molar-refractivity contribution in [2.24, 2.45) is 35.5 Å². The highest BCUT2D eigenvalue weighted by Gasteiger charge is 2.46. The number of rotatable bonds is 9. The molecule has 0 aromatic carbocycles. The minimum Gasteiger partial charge on any atom is -0.0654 e. The molecule has 6 unspecified atom stereocenters. The van der Waals surface area contributed by atoms with Crippen LogP contribution in [0.2, 0.25) is 0 Å². The van der Waals surface area contributed by atoms with Crippen LogP contribution in [0.1, 0.15) is 105 Å². The fourth-order valence-corrected chi connectivity index (χ4v) is 6.09. The van der Waals surface area contributed by atoms with Crippen molar-refractivity contribution in [2.75, 3.05) is 0 Å². The molecule has 0 radical (unpaired) electrons. The molecule has 22 heavy (non-hydrogen) atoms. The Bertz CT molecular complexity index is 294. The predicted molar refractivity (Wildman–Crippen MR) is 99.0 cm³/mol. The largest absolute Gasteiger partial charge is 0.0654 e. The Balaban J connectivity index is 1.96. The summed E-state index contributed by atoms with van der Waals surface area (Å²) in [5.41, 5.74) is 0. The van der Waals surface area contributed by atoms with Crippen LogP contribution in [0.5, 0.6) is 0 Å². The second-order valence-electron chi connectivity index (χ2n) is 8.70. The lowest BCUT2D eigenvalue weighted by Crippen LogP contribution is -2.32. The zero-order valence-electron chi connectivity index (χ0n) is 15.9. The summed E-state index contributed by atoms with van der Waals surface area (Å²) >= 11 is 0. The average Bonchev–Trinajstić information content (AvgIpc) is 2.84. The maximum absolute atomic E-state index is 2.56. The van der Waals surface area contributed by atoms with Crippen LogP contribution >= 0.6 is 0 Å². The van der Waals surface area contributed by atoms with E-state index < -0.39 is 0 Å². The highest BCUT2D eigenvalue weighted by molar-refractivity contribution is 4.96. The Kier molecular flexibility index (Phi) is 7.78. The molecule has 0 heterocycles. The Morgan fingerprint density at radius 1 is 0.727 bits per heavy atom. The predicted octanol–water partition coefficient (Wildman–Crippen LogP) is 7.47. The first-order valence-electron chi connectivity index (χ1n) is 10.7. The van der Waals surface area contributed by atoms with Crippen LogP contribution in [0.15, 0.2) is 0 Å². The van der Waals surface area contributed by atoms with Crippen LogP contribution in [0.25, 0.3) is 0 Å². The summed E-state index contributed by atoms with van der Waals surface area (Å²) in [6.07, 6.45) is 17.9. The average molecular weight is 307 g/mol. The van der Waals surface area contributed by atoms with Crippen molar-refractivity contribution in [3.63, 3.8) is 0 Å². The maximum atomic E-state index is 2.56. The standard InChI is InChI=1S/C22H42/c1-5-8-10-11-13-19-15-18(12-9-6-2)16-22-20(7-3)17(4)14-21(19)22/h17-22H,5-16H2,1-4H3. The van der Waals surface area contributed by atoms with E-state index in [1.807, 2.05) is 0 Å². The van der Waals surface area contributed by atoms with Crippen LogP contribution in [-0.2, 0) is 0 Å². The molecule has 0 aromatic rings. The highest BCUT2D eigenvalue weighted by Crippen LogP contribution is 2.55. The van der Waals surface area contributed by atoms with Crippen molar-refractivity contribution in [2.45, 2.75) is 105 Å². The molecule has 0 aliphatic heterocycles. The fraction of sp³-hybridized carbons (Fsp3) is 1.00. The van der Waals surface area contributed by atoms with Gasteiger partial charge in [-0.2, -0.15) is 0 Å². The van der Waals surface area contributed by atoms with E-state index in [-0.39, 0.29) is 0 Å². The molecule has 0 bridgehead atoms. The topological polar surface area (TPSA) is 0 Å². The zero-order chi connectivity index (χ0) is 15.9. The van der Waals surface area contributed by atoms with E-state index in [4.69, 9.17) is 0 Å². The molecule has 2 aliphatic carbocycles. The SMILES string of the molecule is CCCCCCC1CC(CCCC)CC2C(CC)C(C)CC12. The Hall–Kier alpha value is 0.